The van der Waals surface area contributed by atoms with Gasteiger partial charge in [0.1, 0.15) is 18.8 Å². The first kappa shape index (κ1) is 16.6. The van der Waals surface area contributed by atoms with Crippen molar-refractivity contribution in [1.29, 1.82) is 0 Å². The Labute approximate surface area is 143 Å². The van der Waals surface area contributed by atoms with E-state index in [-0.39, 0.29) is 18.3 Å². The highest BCUT2D eigenvalue weighted by molar-refractivity contribution is 6.02. The number of anilines is 1. The molecule has 0 spiro atoms. The molecule has 3 rings (SSSR count). The summed E-state index contributed by atoms with van der Waals surface area (Å²) in [6.45, 7) is 1.42. The second kappa shape index (κ2) is 6.34. The number of aryl methyl sites for hydroxylation is 1. The van der Waals surface area contributed by atoms with E-state index in [9.17, 15) is 19.7 Å². The van der Waals surface area contributed by atoms with Crippen LogP contribution in [-0.2, 0) is 27.3 Å². The molecular weight excluding hydrogens is 328 g/mol. The van der Waals surface area contributed by atoms with Crippen LogP contribution in [0.15, 0.2) is 30.5 Å². The van der Waals surface area contributed by atoms with Gasteiger partial charge >= 0.3 is 11.8 Å². The Balaban J connectivity index is 1.91. The van der Waals surface area contributed by atoms with E-state index in [1.165, 1.54) is 22.8 Å². The van der Waals surface area contributed by atoms with Gasteiger partial charge in [0.25, 0.3) is 0 Å². The number of hydrogen-bond donors (Lipinski definition) is 0. The van der Waals surface area contributed by atoms with E-state index in [0.29, 0.717) is 17.9 Å². The quantitative estimate of drug-likeness (QED) is 0.469. The molecule has 1 aliphatic heterocycles. The maximum atomic E-state index is 12.8. The van der Waals surface area contributed by atoms with Crippen LogP contribution in [0.3, 0.4) is 0 Å². The zero-order valence-electron chi connectivity index (χ0n) is 13.7. The molecule has 130 valence electrons. The molecule has 0 bridgehead atoms. The maximum Gasteiger partial charge on any atom is 0.381 e. The van der Waals surface area contributed by atoms with E-state index in [1.807, 2.05) is 12.1 Å². The molecule has 0 N–H and O–H groups in total. The summed E-state index contributed by atoms with van der Waals surface area (Å²) in [4.78, 5) is 40.3. The average molecular weight is 344 g/mol. The van der Waals surface area contributed by atoms with Gasteiger partial charge in [-0.2, -0.15) is 0 Å². The minimum absolute atomic E-state index is 0.158. The van der Waals surface area contributed by atoms with Gasteiger partial charge < -0.3 is 14.9 Å². The summed E-state index contributed by atoms with van der Waals surface area (Å²) in [6.07, 6.45) is 1.58. The van der Waals surface area contributed by atoms with Gasteiger partial charge in [-0.3, -0.25) is 14.3 Å². The molecule has 9 nitrogen and oxygen atoms in total. The summed E-state index contributed by atoms with van der Waals surface area (Å²) >= 11 is 0. The van der Waals surface area contributed by atoms with Gasteiger partial charge in [-0.05, 0) is 21.5 Å². The van der Waals surface area contributed by atoms with Crippen molar-refractivity contribution in [3.63, 3.8) is 0 Å². The second-order valence-corrected chi connectivity index (χ2v) is 5.67. The van der Waals surface area contributed by atoms with Crippen molar-refractivity contribution in [3.05, 3.63) is 52.0 Å². The summed E-state index contributed by atoms with van der Waals surface area (Å²) < 4.78 is 6.21. The molecule has 1 aromatic carbocycles. The molecule has 0 fully saturated rings. The monoisotopic (exact) mass is 344 g/mol. The number of amides is 1. The first-order valence-electron chi connectivity index (χ1n) is 7.58. The number of esters is 1. The van der Waals surface area contributed by atoms with Crippen molar-refractivity contribution in [3.8, 4) is 0 Å². The van der Waals surface area contributed by atoms with Crippen molar-refractivity contribution in [2.24, 2.45) is 0 Å². The van der Waals surface area contributed by atoms with Gasteiger partial charge in [0.05, 0.1) is 7.11 Å². The second-order valence-electron chi connectivity index (χ2n) is 5.67. The summed E-state index contributed by atoms with van der Waals surface area (Å²) in [5.74, 6) is -0.840. The lowest BCUT2D eigenvalue weighted by Crippen LogP contribution is -2.45. The van der Waals surface area contributed by atoms with E-state index in [1.54, 1.807) is 19.1 Å². The zero-order valence-corrected chi connectivity index (χ0v) is 13.7. The average Bonchev–Trinajstić information content (AvgIpc) is 3.15. The molecule has 1 aliphatic rings. The number of nitrogens with zero attached hydrogens (tertiary/aromatic N) is 4. The Morgan fingerprint density at radius 3 is 2.76 bits per heavy atom. The topological polar surface area (TPSA) is 108 Å². The number of carbonyl (C=O) groups is 2. The molecule has 2 heterocycles. The summed E-state index contributed by atoms with van der Waals surface area (Å²) in [5, 5.41) is 10.8. The molecule has 25 heavy (non-hydrogen) atoms. The zero-order chi connectivity index (χ0) is 18.1. The number of fused-ring (bicyclic) bond motifs is 1. The molecule has 1 atom stereocenters. The number of imidazole rings is 1. The van der Waals surface area contributed by atoms with Crippen LogP contribution in [0, 0.1) is 17.0 Å². The van der Waals surface area contributed by atoms with Gasteiger partial charge in [0, 0.05) is 19.0 Å². The van der Waals surface area contributed by atoms with Gasteiger partial charge in [-0.25, -0.2) is 4.79 Å². The molecule has 1 amide bonds. The SMILES string of the molecule is COC(=O)[C@H]1Cc2ccccc2N1C(=O)Cn1cc([N+](=O)[O-])nc1C. The van der Waals surface area contributed by atoms with Crippen LogP contribution in [0.2, 0.25) is 0 Å². The number of methoxy groups -OCH3 is 1. The minimum Gasteiger partial charge on any atom is -0.467 e. The number of benzene rings is 1. The standard InChI is InChI=1S/C16H16N4O5/c1-10-17-14(20(23)24)8-18(10)9-15(21)19-12-6-4-3-5-11(12)7-13(19)16(22)25-2/h3-6,8,13H,7,9H2,1-2H3/t13-/m1/s1. The Bertz CT molecular complexity index is 860. The van der Waals surface area contributed by atoms with Gasteiger partial charge in [-0.15, -0.1) is 0 Å². The van der Waals surface area contributed by atoms with Crippen LogP contribution in [0.4, 0.5) is 11.5 Å². The van der Waals surface area contributed by atoms with Crippen LogP contribution in [0.1, 0.15) is 11.4 Å². The third-order valence-corrected chi connectivity index (χ3v) is 4.17. The molecular formula is C16H16N4O5. The molecule has 9 heteroatoms. The van der Waals surface area contributed by atoms with Crippen molar-refractivity contribution >= 4 is 23.4 Å². The van der Waals surface area contributed by atoms with Crippen molar-refractivity contribution < 1.29 is 19.2 Å². The number of rotatable bonds is 4. The van der Waals surface area contributed by atoms with E-state index in [4.69, 9.17) is 4.74 Å². The maximum absolute atomic E-state index is 12.8. The number of hydrogen-bond acceptors (Lipinski definition) is 6. The van der Waals surface area contributed by atoms with Crippen LogP contribution >= 0.6 is 0 Å². The molecule has 0 saturated carbocycles. The van der Waals surface area contributed by atoms with Gasteiger partial charge in [-0.1, -0.05) is 18.2 Å². The fourth-order valence-corrected chi connectivity index (χ4v) is 2.98. The minimum atomic E-state index is -0.742. The first-order valence-corrected chi connectivity index (χ1v) is 7.58. The smallest absolute Gasteiger partial charge is 0.381 e. The molecule has 0 aliphatic carbocycles. The number of ether oxygens (including phenoxy) is 1. The summed E-state index contributed by atoms with van der Waals surface area (Å²) in [6, 6.07) is 6.50. The van der Waals surface area contributed by atoms with Crippen LogP contribution in [-0.4, -0.2) is 39.5 Å². The first-order chi connectivity index (χ1) is 11.9. The van der Waals surface area contributed by atoms with Crippen LogP contribution in [0.25, 0.3) is 0 Å². The highest BCUT2D eigenvalue weighted by atomic mass is 16.6. The van der Waals surface area contributed by atoms with Crippen molar-refractivity contribution in [2.75, 3.05) is 12.0 Å². The molecule has 0 radical (unpaired) electrons. The molecule has 2 aromatic rings. The lowest BCUT2D eigenvalue weighted by atomic mass is 10.1. The molecule has 0 saturated heterocycles. The van der Waals surface area contributed by atoms with Crippen LogP contribution < -0.4 is 4.90 Å². The van der Waals surface area contributed by atoms with E-state index < -0.39 is 16.9 Å². The Hall–Kier alpha value is -3.23. The highest BCUT2D eigenvalue weighted by Crippen LogP contribution is 2.33. The van der Waals surface area contributed by atoms with Gasteiger partial charge in [0.2, 0.25) is 11.7 Å². The Morgan fingerprint density at radius 2 is 2.12 bits per heavy atom. The predicted octanol–water partition coefficient (Wildman–Crippen LogP) is 1.23. The predicted molar refractivity (Wildman–Crippen MR) is 87.1 cm³/mol. The third-order valence-electron chi connectivity index (χ3n) is 4.17. The number of para-hydroxylation sites is 1. The summed E-state index contributed by atoms with van der Waals surface area (Å²) in [5.41, 5.74) is 1.52. The largest absolute Gasteiger partial charge is 0.467 e. The van der Waals surface area contributed by atoms with Crippen molar-refractivity contribution in [2.45, 2.75) is 25.9 Å². The lowest BCUT2D eigenvalue weighted by Gasteiger charge is -2.23. The van der Waals surface area contributed by atoms with E-state index in [2.05, 4.69) is 4.98 Å². The third kappa shape index (κ3) is 2.95. The normalized spacial score (nSPS) is 15.8. The van der Waals surface area contributed by atoms with Gasteiger partial charge in [0.15, 0.2) is 0 Å². The Morgan fingerprint density at radius 1 is 1.40 bits per heavy atom. The highest BCUT2D eigenvalue weighted by Gasteiger charge is 2.39. The van der Waals surface area contributed by atoms with E-state index >= 15 is 0 Å². The fourth-order valence-electron chi connectivity index (χ4n) is 2.98. The van der Waals surface area contributed by atoms with Crippen LogP contribution in [0.5, 0.6) is 0 Å². The van der Waals surface area contributed by atoms with E-state index in [0.717, 1.165) is 5.56 Å². The lowest BCUT2D eigenvalue weighted by molar-refractivity contribution is -0.389. The summed E-state index contributed by atoms with van der Waals surface area (Å²) in [7, 11) is 1.28. The number of carbonyl (C=O) groups excluding carboxylic acids is 2. The number of aromatic nitrogens is 2. The Kier molecular flexibility index (Phi) is 4.22. The van der Waals surface area contributed by atoms with Crippen molar-refractivity contribution in [1.82, 2.24) is 9.55 Å². The number of nitro groups is 1. The molecule has 0 unspecified atom stereocenters. The fraction of sp³-hybridized carbons (Fsp3) is 0.312. The molecule has 1 aromatic heterocycles.